The molecule has 0 radical (unpaired) electrons. The van der Waals surface area contributed by atoms with Gasteiger partial charge in [0.1, 0.15) is 11.4 Å². The standard InChI is InChI=1S/C21H22F3N5O3/c22-21(23,24)13-3-4-14(16(30)9-13)18-17(12-1-2-12)25-19(27-26-18)29-8-6-11-5-7-28(20(31)32)10-15(11)29/h3-4,9,11-12,15,30H,1-2,5-8,10H2,(H,31,32). The SMILES string of the molecule is O=C(O)N1CCC2CCN(c3nnc(-c4ccc(C(F)(F)F)cc4O)c(C4CC4)n3)C2C1. The Kier molecular flexibility index (Phi) is 4.86. The molecule has 2 unspecified atom stereocenters. The lowest BCUT2D eigenvalue weighted by atomic mass is 9.92. The summed E-state index contributed by atoms with van der Waals surface area (Å²) in [7, 11) is 0. The maximum absolute atomic E-state index is 13.0. The number of aromatic hydroxyl groups is 1. The second-order valence-corrected chi connectivity index (χ2v) is 8.68. The van der Waals surface area contributed by atoms with E-state index < -0.39 is 23.6 Å². The van der Waals surface area contributed by atoms with Crippen LogP contribution in [0.1, 0.15) is 42.9 Å². The van der Waals surface area contributed by atoms with E-state index in [1.807, 2.05) is 4.90 Å². The Labute approximate surface area is 181 Å². The molecule has 3 heterocycles. The van der Waals surface area contributed by atoms with Crippen molar-refractivity contribution in [2.24, 2.45) is 5.92 Å². The highest BCUT2D eigenvalue weighted by atomic mass is 19.4. The van der Waals surface area contributed by atoms with Gasteiger partial charge in [-0.05, 0) is 49.8 Å². The van der Waals surface area contributed by atoms with Gasteiger partial charge in [-0.1, -0.05) is 0 Å². The van der Waals surface area contributed by atoms with Gasteiger partial charge in [0.05, 0.1) is 17.3 Å². The van der Waals surface area contributed by atoms with E-state index in [9.17, 15) is 28.2 Å². The van der Waals surface area contributed by atoms with E-state index >= 15 is 0 Å². The fourth-order valence-corrected chi connectivity index (χ4v) is 4.75. The maximum Gasteiger partial charge on any atom is 0.416 e. The Bertz CT molecular complexity index is 1060. The van der Waals surface area contributed by atoms with Crippen molar-refractivity contribution in [3.05, 3.63) is 29.5 Å². The fourth-order valence-electron chi connectivity index (χ4n) is 4.75. The molecule has 1 aliphatic carbocycles. The van der Waals surface area contributed by atoms with Gasteiger partial charge >= 0.3 is 12.3 Å². The van der Waals surface area contributed by atoms with Crippen LogP contribution >= 0.6 is 0 Å². The van der Waals surface area contributed by atoms with E-state index in [-0.39, 0.29) is 23.2 Å². The molecule has 8 nitrogen and oxygen atoms in total. The topological polar surface area (TPSA) is 103 Å². The average molecular weight is 449 g/mol. The van der Waals surface area contributed by atoms with E-state index in [0.29, 0.717) is 43.3 Å². The number of hydrogen-bond acceptors (Lipinski definition) is 6. The Hall–Kier alpha value is -3.11. The molecule has 0 bridgehead atoms. The van der Waals surface area contributed by atoms with Crippen molar-refractivity contribution in [3.8, 4) is 17.0 Å². The highest BCUT2D eigenvalue weighted by Crippen LogP contribution is 2.45. The molecule has 2 aliphatic heterocycles. The Morgan fingerprint density at radius 3 is 2.50 bits per heavy atom. The van der Waals surface area contributed by atoms with E-state index in [4.69, 9.17) is 4.98 Å². The quantitative estimate of drug-likeness (QED) is 0.736. The number of phenolic OH excluding ortho intramolecular Hbond substituents is 1. The summed E-state index contributed by atoms with van der Waals surface area (Å²) in [5.74, 6) is 0.358. The summed E-state index contributed by atoms with van der Waals surface area (Å²) in [6, 6.07) is 2.77. The molecule has 2 N–H and O–H groups in total. The summed E-state index contributed by atoms with van der Waals surface area (Å²) < 4.78 is 38.9. The molecule has 2 saturated heterocycles. The minimum atomic E-state index is -4.56. The summed E-state index contributed by atoms with van der Waals surface area (Å²) >= 11 is 0. The van der Waals surface area contributed by atoms with Crippen LogP contribution < -0.4 is 4.90 Å². The molecule has 170 valence electrons. The molecule has 3 aliphatic rings. The molecule has 2 aromatic rings. The van der Waals surface area contributed by atoms with Crippen LogP contribution in [0, 0.1) is 5.92 Å². The number of likely N-dealkylation sites (tertiary alicyclic amines) is 1. The smallest absolute Gasteiger partial charge is 0.416 e. The third kappa shape index (κ3) is 3.69. The van der Waals surface area contributed by atoms with Crippen LogP contribution in [0.4, 0.5) is 23.9 Å². The number of hydrogen-bond donors (Lipinski definition) is 2. The number of piperidine rings is 1. The van der Waals surface area contributed by atoms with Gasteiger partial charge in [-0.2, -0.15) is 13.2 Å². The van der Waals surface area contributed by atoms with Crippen LogP contribution in [0.5, 0.6) is 5.75 Å². The van der Waals surface area contributed by atoms with Crippen molar-refractivity contribution < 1.29 is 28.2 Å². The minimum Gasteiger partial charge on any atom is -0.507 e. The van der Waals surface area contributed by atoms with Crippen molar-refractivity contribution in [1.82, 2.24) is 20.1 Å². The lowest BCUT2D eigenvalue weighted by Crippen LogP contribution is -2.50. The molecule has 1 aromatic carbocycles. The molecular formula is C21H22F3N5O3. The van der Waals surface area contributed by atoms with Crippen LogP contribution in [0.15, 0.2) is 18.2 Å². The van der Waals surface area contributed by atoms with E-state index in [1.165, 1.54) is 11.0 Å². The van der Waals surface area contributed by atoms with Gasteiger partial charge in [-0.15, -0.1) is 10.2 Å². The number of phenols is 1. The van der Waals surface area contributed by atoms with Crippen LogP contribution in [0.3, 0.4) is 0 Å². The second kappa shape index (κ2) is 7.49. The third-order valence-electron chi connectivity index (χ3n) is 6.64. The van der Waals surface area contributed by atoms with Crippen molar-refractivity contribution in [3.63, 3.8) is 0 Å². The zero-order valence-electron chi connectivity index (χ0n) is 17.1. The number of anilines is 1. The first-order chi connectivity index (χ1) is 15.2. The van der Waals surface area contributed by atoms with Crippen molar-refractivity contribution in [2.45, 2.75) is 43.8 Å². The number of amides is 1. The van der Waals surface area contributed by atoms with Crippen LogP contribution in [0.25, 0.3) is 11.3 Å². The summed E-state index contributed by atoms with van der Waals surface area (Å²) in [6.45, 7) is 1.59. The molecule has 1 aromatic heterocycles. The van der Waals surface area contributed by atoms with Crippen LogP contribution in [0.2, 0.25) is 0 Å². The number of nitrogens with zero attached hydrogens (tertiary/aromatic N) is 5. The minimum absolute atomic E-state index is 0.0287. The van der Waals surface area contributed by atoms with Gasteiger partial charge in [0.2, 0.25) is 5.95 Å². The first-order valence-corrected chi connectivity index (χ1v) is 10.6. The highest BCUT2D eigenvalue weighted by Gasteiger charge is 2.42. The maximum atomic E-state index is 13.0. The molecule has 11 heteroatoms. The van der Waals surface area contributed by atoms with Gasteiger partial charge in [0.15, 0.2) is 0 Å². The summed E-state index contributed by atoms with van der Waals surface area (Å²) in [6.07, 6.45) is -2.04. The van der Waals surface area contributed by atoms with Crippen molar-refractivity contribution in [1.29, 1.82) is 0 Å². The molecule has 2 atom stereocenters. The van der Waals surface area contributed by atoms with E-state index in [1.54, 1.807) is 0 Å². The molecule has 1 amide bonds. The van der Waals surface area contributed by atoms with Crippen molar-refractivity contribution >= 4 is 12.0 Å². The highest BCUT2D eigenvalue weighted by molar-refractivity contribution is 5.70. The largest absolute Gasteiger partial charge is 0.507 e. The second-order valence-electron chi connectivity index (χ2n) is 8.68. The first-order valence-electron chi connectivity index (χ1n) is 10.6. The normalized spacial score (nSPS) is 23.3. The number of rotatable bonds is 3. The van der Waals surface area contributed by atoms with Gasteiger partial charge in [0.25, 0.3) is 0 Å². The van der Waals surface area contributed by atoms with Crippen LogP contribution in [-0.2, 0) is 6.18 Å². The molecule has 3 fully saturated rings. The number of carboxylic acid groups (broad SMARTS) is 1. The van der Waals surface area contributed by atoms with Gasteiger partial charge in [0, 0.05) is 31.1 Å². The molecule has 1 saturated carbocycles. The predicted octanol–water partition coefficient (Wildman–Crippen LogP) is 3.72. The molecular weight excluding hydrogens is 427 g/mol. The number of alkyl halides is 3. The Balaban J connectivity index is 1.48. The summed E-state index contributed by atoms with van der Waals surface area (Å²) in [5, 5.41) is 28.2. The fraction of sp³-hybridized carbons (Fsp3) is 0.524. The number of aromatic nitrogens is 3. The average Bonchev–Trinajstić information content (AvgIpc) is 3.51. The summed E-state index contributed by atoms with van der Waals surface area (Å²) in [4.78, 5) is 19.5. The van der Waals surface area contributed by atoms with Crippen molar-refractivity contribution in [2.75, 3.05) is 24.5 Å². The lowest BCUT2D eigenvalue weighted by molar-refractivity contribution is -0.137. The first kappa shape index (κ1) is 20.8. The van der Waals surface area contributed by atoms with Gasteiger partial charge in [-0.3, -0.25) is 0 Å². The van der Waals surface area contributed by atoms with Gasteiger partial charge in [-0.25, -0.2) is 9.78 Å². The number of benzene rings is 1. The van der Waals surface area contributed by atoms with E-state index in [2.05, 4.69) is 10.2 Å². The number of fused-ring (bicyclic) bond motifs is 1. The zero-order chi connectivity index (χ0) is 22.6. The summed E-state index contributed by atoms with van der Waals surface area (Å²) in [5.41, 5.74) is 0.126. The van der Waals surface area contributed by atoms with E-state index in [0.717, 1.165) is 31.7 Å². The van der Waals surface area contributed by atoms with Gasteiger partial charge < -0.3 is 20.0 Å². The molecule has 32 heavy (non-hydrogen) atoms. The Morgan fingerprint density at radius 1 is 1.09 bits per heavy atom. The zero-order valence-corrected chi connectivity index (χ0v) is 17.1. The lowest BCUT2D eigenvalue weighted by Gasteiger charge is -2.37. The Morgan fingerprint density at radius 2 is 1.84 bits per heavy atom. The molecule has 5 rings (SSSR count). The number of halogens is 3. The monoisotopic (exact) mass is 449 g/mol. The predicted molar refractivity (Wildman–Crippen MR) is 107 cm³/mol. The third-order valence-corrected chi connectivity index (χ3v) is 6.64. The number of carbonyl (C=O) groups is 1. The molecule has 0 spiro atoms. The van der Waals surface area contributed by atoms with Crippen LogP contribution in [-0.4, -0.2) is 62.1 Å².